The maximum atomic E-state index is 11.7. The van der Waals surface area contributed by atoms with Crippen LogP contribution in [0.4, 0.5) is 0 Å². The Labute approximate surface area is 103 Å². The van der Waals surface area contributed by atoms with Crippen molar-refractivity contribution in [3.8, 4) is 5.75 Å². The van der Waals surface area contributed by atoms with Crippen molar-refractivity contribution in [1.29, 1.82) is 0 Å². The Morgan fingerprint density at radius 1 is 1.38 bits per heavy atom. The van der Waals surface area contributed by atoms with Gasteiger partial charge in [0.2, 0.25) is 0 Å². The van der Waals surface area contributed by atoms with Gasteiger partial charge in [0.05, 0.1) is 18.9 Å². The van der Waals surface area contributed by atoms with Gasteiger partial charge in [-0.15, -0.1) is 0 Å². The van der Waals surface area contributed by atoms with E-state index in [1.54, 1.807) is 12.1 Å². The zero-order valence-corrected chi connectivity index (χ0v) is 10.6. The maximum Gasteiger partial charge on any atom is 0.342 e. The van der Waals surface area contributed by atoms with Crippen LogP contribution >= 0.6 is 15.9 Å². The summed E-state index contributed by atoms with van der Waals surface area (Å²) >= 11 is 3.27. The molecule has 0 amide bonds. The molecule has 0 atom stereocenters. The molecule has 4 heteroatoms. The normalized spacial score (nSPS) is 11.0. The average Bonchev–Trinajstić information content (AvgIpc) is 2.30. The standard InChI is InChI=1S/C12H13BrO3/c1-15-9-10(7-8-13)12(14)16-11-5-3-2-4-6-11/h2-6,9H,7-8H2,1H3. The Bertz CT molecular complexity index is 360. The number of rotatable bonds is 5. The second kappa shape index (κ2) is 7.06. The van der Waals surface area contributed by atoms with Gasteiger partial charge in [-0.3, -0.25) is 0 Å². The largest absolute Gasteiger partial charge is 0.504 e. The summed E-state index contributed by atoms with van der Waals surface area (Å²) in [6.07, 6.45) is 1.98. The molecule has 0 aliphatic heterocycles. The van der Waals surface area contributed by atoms with Crippen LogP contribution in [0.25, 0.3) is 0 Å². The van der Waals surface area contributed by atoms with Crippen molar-refractivity contribution in [3.63, 3.8) is 0 Å². The number of esters is 1. The molecule has 1 rings (SSSR count). The molecule has 0 spiro atoms. The summed E-state index contributed by atoms with van der Waals surface area (Å²) in [4.78, 5) is 11.7. The highest BCUT2D eigenvalue weighted by Gasteiger charge is 2.11. The highest BCUT2D eigenvalue weighted by molar-refractivity contribution is 9.09. The summed E-state index contributed by atoms with van der Waals surface area (Å²) in [5, 5.41) is 0.687. The third-order valence-electron chi connectivity index (χ3n) is 1.84. The lowest BCUT2D eigenvalue weighted by Gasteiger charge is -2.06. The number of carbonyl (C=O) groups excluding carboxylic acids is 1. The van der Waals surface area contributed by atoms with Crippen LogP contribution in [0.5, 0.6) is 5.75 Å². The first-order valence-corrected chi connectivity index (χ1v) is 5.95. The Balaban J connectivity index is 2.66. The average molecular weight is 285 g/mol. The molecule has 86 valence electrons. The van der Waals surface area contributed by atoms with Crippen LogP contribution in [0.3, 0.4) is 0 Å². The van der Waals surface area contributed by atoms with Crippen molar-refractivity contribution in [2.45, 2.75) is 6.42 Å². The molecule has 1 aromatic carbocycles. The lowest BCUT2D eigenvalue weighted by Crippen LogP contribution is -2.12. The minimum absolute atomic E-state index is 0.382. The Hall–Kier alpha value is -1.29. The van der Waals surface area contributed by atoms with Crippen molar-refractivity contribution in [2.75, 3.05) is 12.4 Å². The summed E-state index contributed by atoms with van der Waals surface area (Å²) in [7, 11) is 1.50. The predicted octanol–water partition coefficient (Wildman–Crippen LogP) is 2.91. The molecule has 1 aromatic rings. The van der Waals surface area contributed by atoms with E-state index in [9.17, 15) is 4.79 Å². The highest BCUT2D eigenvalue weighted by atomic mass is 79.9. The highest BCUT2D eigenvalue weighted by Crippen LogP contribution is 2.13. The minimum Gasteiger partial charge on any atom is -0.504 e. The molecule has 0 unspecified atom stereocenters. The van der Waals surface area contributed by atoms with E-state index in [-0.39, 0.29) is 5.97 Å². The van der Waals surface area contributed by atoms with E-state index in [1.807, 2.05) is 18.2 Å². The van der Waals surface area contributed by atoms with Crippen LogP contribution < -0.4 is 4.74 Å². The van der Waals surface area contributed by atoms with Crippen LogP contribution in [0, 0.1) is 0 Å². The van der Waals surface area contributed by atoms with Crippen LogP contribution in [0.1, 0.15) is 6.42 Å². The van der Waals surface area contributed by atoms with Crippen LogP contribution in [0.2, 0.25) is 0 Å². The van der Waals surface area contributed by atoms with Crippen molar-refractivity contribution >= 4 is 21.9 Å². The summed E-state index contributed by atoms with van der Waals surface area (Å²) in [5.41, 5.74) is 0.503. The molecule has 0 N–H and O–H groups in total. The molecule has 0 bridgehead atoms. The molecule has 16 heavy (non-hydrogen) atoms. The molecule has 0 heterocycles. The first-order chi connectivity index (χ1) is 7.77. The first-order valence-electron chi connectivity index (χ1n) is 4.83. The number of hydrogen-bond donors (Lipinski definition) is 0. The minimum atomic E-state index is -0.382. The lowest BCUT2D eigenvalue weighted by atomic mass is 10.2. The van der Waals surface area contributed by atoms with Crippen molar-refractivity contribution in [1.82, 2.24) is 0 Å². The van der Waals surface area contributed by atoms with Gasteiger partial charge in [0.25, 0.3) is 0 Å². The SMILES string of the molecule is COC=C(CCBr)C(=O)Oc1ccccc1. The maximum absolute atomic E-state index is 11.7. The number of benzene rings is 1. The molecule has 0 fully saturated rings. The first kappa shape index (κ1) is 12.8. The second-order valence-corrected chi connectivity index (χ2v) is 3.81. The van der Waals surface area contributed by atoms with Gasteiger partial charge in [-0.1, -0.05) is 34.1 Å². The van der Waals surface area contributed by atoms with E-state index in [1.165, 1.54) is 13.4 Å². The lowest BCUT2D eigenvalue weighted by molar-refractivity contribution is -0.130. The number of carbonyl (C=O) groups is 1. The van der Waals surface area contributed by atoms with Gasteiger partial charge >= 0.3 is 5.97 Å². The number of halogens is 1. The summed E-state index contributed by atoms with van der Waals surface area (Å²) < 4.78 is 10.0. The van der Waals surface area contributed by atoms with Crippen LogP contribution in [0.15, 0.2) is 42.2 Å². The van der Waals surface area contributed by atoms with E-state index in [0.717, 1.165) is 0 Å². The van der Waals surface area contributed by atoms with E-state index < -0.39 is 0 Å². The smallest absolute Gasteiger partial charge is 0.342 e. The number of alkyl halides is 1. The molecule has 0 aliphatic carbocycles. The van der Waals surface area contributed by atoms with Gasteiger partial charge in [-0.05, 0) is 18.6 Å². The third kappa shape index (κ3) is 4.06. The monoisotopic (exact) mass is 284 g/mol. The quantitative estimate of drug-likeness (QED) is 0.274. The van der Waals surface area contributed by atoms with Crippen molar-refractivity contribution in [3.05, 3.63) is 42.2 Å². The van der Waals surface area contributed by atoms with E-state index in [2.05, 4.69) is 15.9 Å². The van der Waals surface area contributed by atoms with Gasteiger partial charge < -0.3 is 9.47 Å². The van der Waals surface area contributed by atoms with E-state index in [0.29, 0.717) is 23.1 Å². The fourth-order valence-electron chi connectivity index (χ4n) is 1.11. The molecule has 0 aliphatic rings. The third-order valence-corrected chi connectivity index (χ3v) is 2.24. The van der Waals surface area contributed by atoms with Crippen LogP contribution in [-0.4, -0.2) is 18.4 Å². The zero-order valence-electron chi connectivity index (χ0n) is 8.98. The molecule has 0 radical (unpaired) electrons. The number of methoxy groups -OCH3 is 1. The van der Waals surface area contributed by atoms with Crippen LogP contribution in [-0.2, 0) is 9.53 Å². The molecule has 0 aromatic heterocycles. The van der Waals surface area contributed by atoms with Gasteiger partial charge in [0.15, 0.2) is 0 Å². The molecule has 0 saturated heterocycles. The Morgan fingerprint density at radius 3 is 2.62 bits per heavy atom. The number of para-hydroxylation sites is 1. The Kier molecular flexibility index (Phi) is 5.64. The van der Waals surface area contributed by atoms with Crippen molar-refractivity contribution in [2.24, 2.45) is 0 Å². The summed E-state index contributed by atoms with van der Waals surface area (Å²) in [6.45, 7) is 0. The predicted molar refractivity (Wildman–Crippen MR) is 65.6 cm³/mol. The topological polar surface area (TPSA) is 35.5 Å². The number of ether oxygens (including phenoxy) is 2. The van der Waals surface area contributed by atoms with Crippen molar-refractivity contribution < 1.29 is 14.3 Å². The van der Waals surface area contributed by atoms with Gasteiger partial charge in [0, 0.05) is 5.33 Å². The zero-order chi connectivity index (χ0) is 11.8. The Morgan fingerprint density at radius 2 is 2.06 bits per heavy atom. The van der Waals surface area contributed by atoms with Gasteiger partial charge in [-0.25, -0.2) is 4.79 Å². The summed E-state index contributed by atoms with van der Waals surface area (Å²) in [6, 6.07) is 8.95. The molecular weight excluding hydrogens is 272 g/mol. The molecular formula is C12H13BrO3. The van der Waals surface area contributed by atoms with Gasteiger partial charge in [-0.2, -0.15) is 0 Å². The molecule has 3 nitrogen and oxygen atoms in total. The molecule has 0 saturated carbocycles. The van der Waals surface area contributed by atoms with E-state index >= 15 is 0 Å². The summed E-state index contributed by atoms with van der Waals surface area (Å²) in [5.74, 6) is 0.150. The van der Waals surface area contributed by atoms with Gasteiger partial charge in [0.1, 0.15) is 5.75 Å². The second-order valence-electron chi connectivity index (χ2n) is 3.02. The number of hydrogen-bond acceptors (Lipinski definition) is 3. The fourth-order valence-corrected chi connectivity index (χ4v) is 1.54. The fraction of sp³-hybridized carbons (Fsp3) is 0.250. The van der Waals surface area contributed by atoms with E-state index in [4.69, 9.17) is 9.47 Å².